The Kier molecular flexibility index (Phi) is 4.09. The molecule has 0 bridgehead atoms. The zero-order valence-corrected chi connectivity index (χ0v) is 10.9. The summed E-state index contributed by atoms with van der Waals surface area (Å²) in [7, 11) is 0. The molecule has 0 aromatic heterocycles. The van der Waals surface area contributed by atoms with Crippen LogP contribution in [-0.4, -0.2) is 6.54 Å². The van der Waals surface area contributed by atoms with Crippen LogP contribution in [0.15, 0.2) is 18.2 Å². The lowest BCUT2D eigenvalue weighted by Crippen LogP contribution is -2.21. The van der Waals surface area contributed by atoms with Crippen molar-refractivity contribution in [1.82, 2.24) is 0 Å². The molecule has 0 spiro atoms. The Bertz CT molecular complexity index is 448. The van der Waals surface area contributed by atoms with Gasteiger partial charge in [0.2, 0.25) is 0 Å². The first-order chi connectivity index (χ1) is 8.69. The van der Waals surface area contributed by atoms with E-state index in [1.54, 1.807) is 6.07 Å². The van der Waals surface area contributed by atoms with Crippen LogP contribution in [0.25, 0.3) is 0 Å². The molecule has 0 radical (unpaired) electrons. The Balaban J connectivity index is 1.92. The second kappa shape index (κ2) is 5.77. The van der Waals surface area contributed by atoms with Gasteiger partial charge >= 0.3 is 0 Å². The molecule has 2 atom stereocenters. The molecule has 0 heterocycles. The Labute approximate surface area is 109 Å². The minimum absolute atomic E-state index is 0.550. The number of hydrogen-bond donors (Lipinski definition) is 2. The smallest absolute Gasteiger partial charge is 0.101 e. The van der Waals surface area contributed by atoms with E-state index in [4.69, 9.17) is 11.0 Å². The van der Waals surface area contributed by atoms with Gasteiger partial charge in [-0.3, -0.25) is 0 Å². The summed E-state index contributed by atoms with van der Waals surface area (Å²) in [5.74, 6) is 1.61. The van der Waals surface area contributed by atoms with Crippen LogP contribution in [0.5, 0.6) is 0 Å². The van der Waals surface area contributed by atoms with Crippen molar-refractivity contribution >= 4 is 11.4 Å². The van der Waals surface area contributed by atoms with Crippen LogP contribution in [0.3, 0.4) is 0 Å². The number of nitriles is 1. The standard InChI is InChI=1S/C15H21N3/c1-11-3-2-4-12(7-11)10-18-14-5-6-15(17)13(8-14)9-16/h5-6,8,11-12,18H,2-4,7,10,17H2,1H3. The summed E-state index contributed by atoms with van der Waals surface area (Å²) in [6.07, 6.45) is 5.35. The van der Waals surface area contributed by atoms with E-state index < -0.39 is 0 Å². The van der Waals surface area contributed by atoms with Crippen LogP contribution in [0.1, 0.15) is 38.2 Å². The number of hydrogen-bond acceptors (Lipinski definition) is 3. The number of anilines is 2. The lowest BCUT2D eigenvalue weighted by atomic mass is 9.82. The van der Waals surface area contributed by atoms with Crippen molar-refractivity contribution in [2.45, 2.75) is 32.6 Å². The number of nitrogens with zero attached hydrogens (tertiary/aromatic N) is 1. The molecule has 1 saturated carbocycles. The van der Waals surface area contributed by atoms with Crippen molar-refractivity contribution in [3.05, 3.63) is 23.8 Å². The quantitative estimate of drug-likeness (QED) is 0.800. The van der Waals surface area contributed by atoms with Gasteiger partial charge < -0.3 is 11.1 Å². The molecule has 1 fully saturated rings. The largest absolute Gasteiger partial charge is 0.398 e. The molecule has 0 aliphatic heterocycles. The normalized spacial score (nSPS) is 23.3. The predicted molar refractivity (Wildman–Crippen MR) is 75.2 cm³/mol. The van der Waals surface area contributed by atoms with Gasteiger partial charge in [0, 0.05) is 17.9 Å². The maximum atomic E-state index is 8.94. The summed E-state index contributed by atoms with van der Waals surface area (Å²) in [4.78, 5) is 0. The van der Waals surface area contributed by atoms with E-state index in [0.29, 0.717) is 11.3 Å². The third-order valence-electron chi connectivity index (χ3n) is 3.81. The van der Waals surface area contributed by atoms with E-state index in [1.807, 2.05) is 12.1 Å². The topological polar surface area (TPSA) is 61.8 Å². The fraction of sp³-hybridized carbons (Fsp3) is 0.533. The summed E-state index contributed by atoms with van der Waals surface area (Å²) in [6, 6.07) is 7.69. The average molecular weight is 243 g/mol. The molecule has 1 aliphatic rings. The van der Waals surface area contributed by atoms with Crippen molar-refractivity contribution in [3.63, 3.8) is 0 Å². The molecule has 2 unspecified atom stereocenters. The van der Waals surface area contributed by atoms with E-state index in [0.717, 1.165) is 24.1 Å². The van der Waals surface area contributed by atoms with Gasteiger partial charge in [-0.25, -0.2) is 0 Å². The highest BCUT2D eigenvalue weighted by Crippen LogP contribution is 2.29. The van der Waals surface area contributed by atoms with Gasteiger partial charge in [-0.15, -0.1) is 0 Å². The maximum absolute atomic E-state index is 8.94. The van der Waals surface area contributed by atoms with Crippen molar-refractivity contribution in [3.8, 4) is 6.07 Å². The minimum Gasteiger partial charge on any atom is -0.398 e. The highest BCUT2D eigenvalue weighted by Gasteiger charge is 2.18. The first-order valence-electron chi connectivity index (χ1n) is 6.72. The second-order valence-electron chi connectivity index (χ2n) is 5.43. The molecule has 3 nitrogen and oxygen atoms in total. The fourth-order valence-corrected chi connectivity index (χ4v) is 2.77. The lowest BCUT2D eigenvalue weighted by molar-refractivity contribution is 0.293. The molecule has 0 saturated heterocycles. The molecule has 1 aromatic rings. The van der Waals surface area contributed by atoms with Gasteiger partial charge in [-0.1, -0.05) is 19.8 Å². The number of nitrogen functional groups attached to an aromatic ring is 1. The monoisotopic (exact) mass is 243 g/mol. The Morgan fingerprint density at radius 3 is 3.00 bits per heavy atom. The number of nitrogens with one attached hydrogen (secondary N) is 1. The number of rotatable bonds is 3. The third kappa shape index (κ3) is 3.16. The molecular formula is C15H21N3. The minimum atomic E-state index is 0.550. The summed E-state index contributed by atoms with van der Waals surface area (Å²) >= 11 is 0. The molecule has 0 amide bonds. The molecule has 3 N–H and O–H groups in total. The highest BCUT2D eigenvalue weighted by atomic mass is 14.9. The maximum Gasteiger partial charge on any atom is 0.101 e. The van der Waals surface area contributed by atoms with Crippen LogP contribution >= 0.6 is 0 Å². The third-order valence-corrected chi connectivity index (χ3v) is 3.81. The lowest BCUT2D eigenvalue weighted by Gasteiger charge is -2.27. The van der Waals surface area contributed by atoms with Gasteiger partial charge in [0.25, 0.3) is 0 Å². The van der Waals surface area contributed by atoms with Crippen molar-refractivity contribution in [2.75, 3.05) is 17.6 Å². The zero-order valence-electron chi connectivity index (χ0n) is 10.9. The summed E-state index contributed by atoms with van der Waals surface area (Å²) in [5, 5.41) is 12.4. The van der Waals surface area contributed by atoms with Crippen molar-refractivity contribution in [1.29, 1.82) is 5.26 Å². The fourth-order valence-electron chi connectivity index (χ4n) is 2.77. The Morgan fingerprint density at radius 2 is 2.28 bits per heavy atom. The van der Waals surface area contributed by atoms with Crippen LogP contribution in [0, 0.1) is 23.2 Å². The number of nitrogens with two attached hydrogens (primary N) is 1. The van der Waals surface area contributed by atoms with Crippen molar-refractivity contribution in [2.24, 2.45) is 11.8 Å². The molecule has 96 valence electrons. The van der Waals surface area contributed by atoms with Crippen LogP contribution in [0.4, 0.5) is 11.4 Å². The molecule has 1 aromatic carbocycles. The first kappa shape index (κ1) is 12.8. The van der Waals surface area contributed by atoms with E-state index in [2.05, 4.69) is 18.3 Å². The predicted octanol–water partition coefficient (Wildman–Crippen LogP) is 3.38. The Morgan fingerprint density at radius 1 is 1.44 bits per heavy atom. The molecular weight excluding hydrogens is 222 g/mol. The summed E-state index contributed by atoms with van der Waals surface area (Å²) in [5.41, 5.74) is 7.81. The van der Waals surface area contributed by atoms with Gasteiger partial charge in [0.1, 0.15) is 6.07 Å². The van der Waals surface area contributed by atoms with Crippen LogP contribution in [-0.2, 0) is 0 Å². The van der Waals surface area contributed by atoms with E-state index in [-0.39, 0.29) is 0 Å². The van der Waals surface area contributed by atoms with E-state index >= 15 is 0 Å². The Hall–Kier alpha value is -1.69. The van der Waals surface area contributed by atoms with Gasteiger partial charge in [0.15, 0.2) is 0 Å². The highest BCUT2D eigenvalue weighted by molar-refractivity contribution is 5.61. The van der Waals surface area contributed by atoms with Crippen molar-refractivity contribution < 1.29 is 0 Å². The van der Waals surface area contributed by atoms with Crippen LogP contribution in [0.2, 0.25) is 0 Å². The summed E-state index contributed by atoms with van der Waals surface area (Å²) < 4.78 is 0. The molecule has 1 aliphatic carbocycles. The molecule has 3 heteroatoms. The first-order valence-corrected chi connectivity index (χ1v) is 6.72. The molecule has 2 rings (SSSR count). The van der Waals surface area contributed by atoms with Gasteiger partial charge in [0.05, 0.1) is 5.56 Å². The SMILES string of the molecule is CC1CCCC(CNc2ccc(N)c(C#N)c2)C1. The van der Waals surface area contributed by atoms with Gasteiger partial charge in [-0.05, 0) is 42.9 Å². The van der Waals surface area contributed by atoms with E-state index in [1.165, 1.54) is 25.7 Å². The van der Waals surface area contributed by atoms with E-state index in [9.17, 15) is 0 Å². The number of benzene rings is 1. The zero-order chi connectivity index (χ0) is 13.0. The second-order valence-corrected chi connectivity index (χ2v) is 5.43. The summed E-state index contributed by atoms with van der Waals surface area (Å²) in [6.45, 7) is 3.34. The van der Waals surface area contributed by atoms with Gasteiger partial charge in [-0.2, -0.15) is 5.26 Å². The molecule has 18 heavy (non-hydrogen) atoms. The van der Waals surface area contributed by atoms with Crippen LogP contribution < -0.4 is 11.1 Å². The average Bonchev–Trinajstić information content (AvgIpc) is 2.38.